The van der Waals surface area contributed by atoms with E-state index in [2.05, 4.69) is 10.6 Å². The number of hydrogen-bond acceptors (Lipinski definition) is 4. The minimum Gasteiger partial charge on any atom is -0.314 e. The average Bonchev–Trinajstić information content (AvgIpc) is 2.41. The second-order valence-electron chi connectivity index (χ2n) is 3.65. The maximum Gasteiger partial charge on any atom is 0.323 e. The van der Waals surface area contributed by atoms with Crippen molar-refractivity contribution in [2.75, 3.05) is 34.2 Å². The molecular weight excluding hydrogens is 184 g/mol. The third-order valence-corrected chi connectivity index (χ3v) is 2.09. The van der Waals surface area contributed by atoms with E-state index in [1.54, 1.807) is 11.9 Å². The molecule has 1 rings (SSSR count). The van der Waals surface area contributed by atoms with Gasteiger partial charge in [0.1, 0.15) is 0 Å². The molecule has 1 unspecified atom stereocenters. The Morgan fingerprint density at radius 1 is 1.21 bits per heavy atom. The fourth-order valence-electron chi connectivity index (χ4n) is 1.20. The molecule has 1 saturated heterocycles. The van der Waals surface area contributed by atoms with Crippen LogP contribution in [0.4, 0.5) is 4.79 Å². The summed E-state index contributed by atoms with van der Waals surface area (Å²) >= 11 is 0. The number of carbonyl (C=O) groups excluding carboxylic acids is 2. The molecule has 14 heavy (non-hydrogen) atoms. The van der Waals surface area contributed by atoms with Gasteiger partial charge in [0.2, 0.25) is 0 Å². The quantitative estimate of drug-likeness (QED) is 0.550. The van der Waals surface area contributed by atoms with Crippen molar-refractivity contribution in [3.05, 3.63) is 0 Å². The largest absolute Gasteiger partial charge is 0.323 e. The van der Waals surface area contributed by atoms with E-state index in [1.165, 1.54) is 0 Å². The Kier molecular flexibility index (Phi) is 3.43. The van der Waals surface area contributed by atoms with E-state index in [0.717, 1.165) is 13.1 Å². The van der Waals surface area contributed by atoms with Gasteiger partial charge in [-0.1, -0.05) is 0 Å². The zero-order valence-electron chi connectivity index (χ0n) is 8.70. The van der Waals surface area contributed by atoms with Crippen LogP contribution >= 0.6 is 0 Å². The lowest BCUT2D eigenvalue weighted by molar-refractivity contribution is -0.123. The van der Waals surface area contributed by atoms with Gasteiger partial charge in [0.25, 0.3) is 5.91 Å². The number of imide groups is 1. The minimum atomic E-state index is -0.526. The second-order valence-corrected chi connectivity index (χ2v) is 3.65. The van der Waals surface area contributed by atoms with Gasteiger partial charge in [-0.3, -0.25) is 15.0 Å². The van der Waals surface area contributed by atoms with Crippen molar-refractivity contribution in [1.82, 2.24) is 20.4 Å². The highest BCUT2D eigenvalue weighted by Crippen LogP contribution is 1.98. The maximum absolute atomic E-state index is 11.2. The number of hydrogen-bond donors (Lipinski definition) is 2. The van der Waals surface area contributed by atoms with Crippen LogP contribution < -0.4 is 10.6 Å². The Bertz CT molecular complexity index is 241. The van der Waals surface area contributed by atoms with Crippen molar-refractivity contribution in [3.63, 3.8) is 0 Å². The molecule has 3 amide bonds. The zero-order valence-corrected chi connectivity index (χ0v) is 8.70. The summed E-state index contributed by atoms with van der Waals surface area (Å²) in [7, 11) is 5.72. The lowest BCUT2D eigenvalue weighted by Gasteiger charge is -2.23. The first kappa shape index (κ1) is 10.9. The van der Waals surface area contributed by atoms with E-state index < -0.39 is 12.2 Å². The summed E-state index contributed by atoms with van der Waals surface area (Å²) in [5.41, 5.74) is 0. The summed E-state index contributed by atoms with van der Waals surface area (Å²) in [6.07, 6.45) is -0.526. The summed E-state index contributed by atoms with van der Waals surface area (Å²) in [5, 5.41) is 4.73. The van der Waals surface area contributed by atoms with Crippen molar-refractivity contribution in [2.45, 2.75) is 6.17 Å². The van der Waals surface area contributed by atoms with Crippen LogP contribution in [0, 0.1) is 0 Å². The summed E-state index contributed by atoms with van der Waals surface area (Å²) in [4.78, 5) is 25.9. The fraction of sp³-hybridized carbons (Fsp3) is 0.750. The molecule has 0 aromatic rings. The molecule has 1 fully saturated rings. The number of carbonyl (C=O) groups is 2. The number of urea groups is 1. The normalized spacial score (nSPS) is 21.6. The van der Waals surface area contributed by atoms with E-state index in [4.69, 9.17) is 0 Å². The molecule has 6 heteroatoms. The fourth-order valence-corrected chi connectivity index (χ4v) is 1.20. The number of rotatable bonds is 4. The Morgan fingerprint density at radius 2 is 1.86 bits per heavy atom. The predicted octanol–water partition coefficient (Wildman–Crippen LogP) is -1.35. The maximum atomic E-state index is 11.2. The molecule has 0 radical (unpaired) electrons. The van der Waals surface area contributed by atoms with Gasteiger partial charge in [0, 0.05) is 13.1 Å². The van der Waals surface area contributed by atoms with Crippen molar-refractivity contribution in [1.29, 1.82) is 0 Å². The molecule has 6 nitrogen and oxygen atoms in total. The second kappa shape index (κ2) is 4.39. The van der Waals surface area contributed by atoms with Gasteiger partial charge in [-0.25, -0.2) is 4.79 Å². The van der Waals surface area contributed by atoms with Gasteiger partial charge in [0.05, 0.1) is 0 Å². The average molecular weight is 200 g/mol. The Labute approximate surface area is 83.2 Å². The van der Waals surface area contributed by atoms with Crippen molar-refractivity contribution < 1.29 is 9.59 Å². The van der Waals surface area contributed by atoms with Crippen LogP contribution in [0.25, 0.3) is 0 Å². The van der Waals surface area contributed by atoms with Crippen LogP contribution in [-0.2, 0) is 4.79 Å². The van der Waals surface area contributed by atoms with Crippen LogP contribution in [-0.4, -0.2) is 62.1 Å². The van der Waals surface area contributed by atoms with Crippen LogP contribution in [0.3, 0.4) is 0 Å². The van der Waals surface area contributed by atoms with Crippen molar-refractivity contribution in [2.24, 2.45) is 0 Å². The molecule has 2 N–H and O–H groups in total. The summed E-state index contributed by atoms with van der Waals surface area (Å²) in [5.74, 6) is -0.281. The lowest BCUT2D eigenvalue weighted by Crippen LogP contribution is -2.46. The zero-order chi connectivity index (χ0) is 10.7. The first-order valence-electron chi connectivity index (χ1n) is 4.47. The minimum absolute atomic E-state index is 0.281. The van der Waals surface area contributed by atoms with E-state index in [0.29, 0.717) is 0 Å². The van der Waals surface area contributed by atoms with Crippen LogP contribution in [0.1, 0.15) is 0 Å². The van der Waals surface area contributed by atoms with Crippen LogP contribution in [0.15, 0.2) is 0 Å². The topological polar surface area (TPSA) is 64.7 Å². The smallest absolute Gasteiger partial charge is 0.314 e. The van der Waals surface area contributed by atoms with E-state index >= 15 is 0 Å². The van der Waals surface area contributed by atoms with E-state index in [1.807, 2.05) is 19.0 Å². The van der Waals surface area contributed by atoms with E-state index in [9.17, 15) is 9.59 Å². The number of nitrogens with zero attached hydrogens (tertiary/aromatic N) is 2. The molecule has 0 aromatic carbocycles. The van der Waals surface area contributed by atoms with Gasteiger partial charge >= 0.3 is 6.03 Å². The highest BCUT2D eigenvalue weighted by molar-refractivity contribution is 6.03. The summed E-state index contributed by atoms with van der Waals surface area (Å²) in [6, 6.07) is -0.420. The Hall–Kier alpha value is -1.14. The molecule has 0 saturated carbocycles. The standard InChI is InChI=1S/C8H16N4O2/c1-11(2)4-5-12(3)6-7(13)10-8(14)9-6/h6H,4-5H2,1-3H3,(H2,9,10,13,14). The molecule has 1 aliphatic heterocycles. The highest BCUT2D eigenvalue weighted by Gasteiger charge is 2.32. The molecular formula is C8H16N4O2. The molecule has 0 spiro atoms. The van der Waals surface area contributed by atoms with Crippen LogP contribution in [0.2, 0.25) is 0 Å². The third-order valence-electron chi connectivity index (χ3n) is 2.09. The first-order valence-corrected chi connectivity index (χ1v) is 4.47. The first-order chi connectivity index (χ1) is 6.50. The molecule has 80 valence electrons. The summed E-state index contributed by atoms with van der Waals surface area (Å²) in [6.45, 7) is 1.57. The number of amides is 3. The van der Waals surface area contributed by atoms with Gasteiger partial charge < -0.3 is 10.2 Å². The Morgan fingerprint density at radius 3 is 2.29 bits per heavy atom. The molecule has 1 aliphatic rings. The Balaban J connectivity index is 2.40. The van der Waals surface area contributed by atoms with Crippen molar-refractivity contribution in [3.8, 4) is 0 Å². The molecule has 0 aromatic heterocycles. The predicted molar refractivity (Wildman–Crippen MR) is 51.6 cm³/mol. The molecule has 0 bridgehead atoms. The SMILES string of the molecule is CN(C)CCN(C)C1NC(=O)NC1=O. The van der Waals surface area contributed by atoms with Gasteiger partial charge in [0.15, 0.2) is 6.17 Å². The summed E-state index contributed by atoms with van der Waals surface area (Å²) < 4.78 is 0. The number of nitrogens with one attached hydrogen (secondary N) is 2. The van der Waals surface area contributed by atoms with Gasteiger partial charge in [-0.05, 0) is 21.1 Å². The lowest BCUT2D eigenvalue weighted by atomic mass is 10.4. The monoisotopic (exact) mass is 200 g/mol. The van der Waals surface area contributed by atoms with Crippen molar-refractivity contribution >= 4 is 11.9 Å². The van der Waals surface area contributed by atoms with E-state index in [-0.39, 0.29) is 5.91 Å². The van der Waals surface area contributed by atoms with Gasteiger partial charge in [-0.2, -0.15) is 0 Å². The molecule has 1 heterocycles. The van der Waals surface area contributed by atoms with Crippen LogP contribution in [0.5, 0.6) is 0 Å². The third kappa shape index (κ3) is 2.68. The van der Waals surface area contributed by atoms with Gasteiger partial charge in [-0.15, -0.1) is 0 Å². The number of likely N-dealkylation sites (N-methyl/N-ethyl adjacent to an activating group) is 2. The highest BCUT2D eigenvalue weighted by atomic mass is 16.2. The molecule has 1 atom stereocenters. The molecule has 0 aliphatic carbocycles.